The summed E-state index contributed by atoms with van der Waals surface area (Å²) < 4.78 is 0. The number of nitrogens with zero attached hydrogens (tertiary/aromatic N) is 1. The maximum absolute atomic E-state index is 11.9. The molecule has 0 radical (unpaired) electrons. The predicted octanol–water partition coefficient (Wildman–Crippen LogP) is 2.14. The van der Waals surface area contributed by atoms with Gasteiger partial charge in [0.15, 0.2) is 0 Å². The zero-order valence-electron chi connectivity index (χ0n) is 13.4. The zero-order valence-corrected chi connectivity index (χ0v) is 13.4. The normalized spacial score (nSPS) is 11.6. The molecule has 0 fully saturated rings. The number of aromatic nitrogens is 1. The second kappa shape index (κ2) is 8.08. The van der Waals surface area contributed by atoms with Crippen LogP contribution in [0.25, 0.3) is 0 Å². The molecule has 0 aliphatic heterocycles. The van der Waals surface area contributed by atoms with E-state index >= 15 is 0 Å². The third kappa shape index (κ3) is 4.92. The van der Waals surface area contributed by atoms with Crippen LogP contribution in [0, 0.1) is 0 Å². The number of carbonyl (C=O) groups excluding carboxylic acids is 2. The van der Waals surface area contributed by atoms with E-state index in [2.05, 4.69) is 22.5 Å². The Morgan fingerprint density at radius 3 is 2.26 bits per heavy atom. The summed E-state index contributed by atoms with van der Waals surface area (Å²) in [4.78, 5) is 27.7. The van der Waals surface area contributed by atoms with Crippen LogP contribution >= 0.6 is 0 Å². The van der Waals surface area contributed by atoms with Crippen molar-refractivity contribution in [2.24, 2.45) is 0 Å². The van der Waals surface area contributed by atoms with Gasteiger partial charge in [0.2, 0.25) is 0 Å². The van der Waals surface area contributed by atoms with Gasteiger partial charge < -0.3 is 10.6 Å². The van der Waals surface area contributed by atoms with Crippen LogP contribution in [0.5, 0.6) is 0 Å². The van der Waals surface area contributed by atoms with Crippen molar-refractivity contribution in [1.29, 1.82) is 0 Å². The van der Waals surface area contributed by atoms with E-state index < -0.39 is 11.8 Å². The molecule has 0 aliphatic carbocycles. The van der Waals surface area contributed by atoms with E-state index in [1.54, 1.807) is 24.5 Å². The monoisotopic (exact) mass is 311 g/mol. The molecule has 5 heteroatoms. The van der Waals surface area contributed by atoms with Gasteiger partial charge >= 0.3 is 11.8 Å². The molecule has 0 aliphatic rings. The summed E-state index contributed by atoms with van der Waals surface area (Å²) in [6, 6.07) is 11.4. The molecule has 1 atom stereocenters. The first-order valence-corrected chi connectivity index (χ1v) is 7.66. The first-order valence-electron chi connectivity index (χ1n) is 7.66. The van der Waals surface area contributed by atoms with Crippen LogP contribution in [-0.4, -0.2) is 16.8 Å². The Morgan fingerprint density at radius 1 is 1.00 bits per heavy atom. The Kier molecular flexibility index (Phi) is 5.86. The Balaban J connectivity index is 1.85. The van der Waals surface area contributed by atoms with E-state index in [1.165, 1.54) is 5.56 Å². The molecule has 2 amide bonds. The molecule has 1 heterocycles. The van der Waals surface area contributed by atoms with E-state index in [0.29, 0.717) is 6.54 Å². The molecule has 5 nitrogen and oxygen atoms in total. The van der Waals surface area contributed by atoms with Crippen LogP contribution in [0.2, 0.25) is 0 Å². The van der Waals surface area contributed by atoms with Crippen LogP contribution in [0.4, 0.5) is 0 Å². The van der Waals surface area contributed by atoms with Gasteiger partial charge in [-0.1, -0.05) is 31.2 Å². The summed E-state index contributed by atoms with van der Waals surface area (Å²) in [5.74, 6) is -1.27. The largest absolute Gasteiger partial charge is 0.344 e. The Bertz CT molecular complexity index is 654. The van der Waals surface area contributed by atoms with E-state index in [0.717, 1.165) is 17.5 Å². The molecule has 120 valence electrons. The van der Waals surface area contributed by atoms with Gasteiger partial charge in [-0.15, -0.1) is 0 Å². The lowest BCUT2D eigenvalue weighted by Crippen LogP contribution is -2.40. The number of aryl methyl sites for hydroxylation is 1. The minimum Gasteiger partial charge on any atom is -0.344 e. The maximum atomic E-state index is 11.9. The molecule has 0 bridgehead atoms. The second-order valence-electron chi connectivity index (χ2n) is 5.33. The lowest BCUT2D eigenvalue weighted by Gasteiger charge is -2.14. The first-order chi connectivity index (χ1) is 11.1. The van der Waals surface area contributed by atoms with Gasteiger partial charge in [-0.2, -0.15) is 0 Å². The number of rotatable bonds is 5. The highest BCUT2D eigenvalue weighted by atomic mass is 16.2. The fourth-order valence-electron chi connectivity index (χ4n) is 2.15. The molecule has 2 N–H and O–H groups in total. The minimum absolute atomic E-state index is 0.222. The number of hydrogen-bond donors (Lipinski definition) is 2. The summed E-state index contributed by atoms with van der Waals surface area (Å²) in [6.45, 7) is 4.25. The zero-order chi connectivity index (χ0) is 16.7. The van der Waals surface area contributed by atoms with Crippen molar-refractivity contribution in [3.8, 4) is 0 Å². The van der Waals surface area contributed by atoms with Crippen molar-refractivity contribution in [2.45, 2.75) is 32.9 Å². The Morgan fingerprint density at radius 2 is 1.65 bits per heavy atom. The number of hydrogen-bond acceptors (Lipinski definition) is 3. The van der Waals surface area contributed by atoms with Crippen molar-refractivity contribution in [1.82, 2.24) is 15.6 Å². The molecular formula is C18H21N3O2. The fraction of sp³-hybridized carbons (Fsp3) is 0.278. The van der Waals surface area contributed by atoms with E-state index in [9.17, 15) is 9.59 Å². The van der Waals surface area contributed by atoms with Gasteiger partial charge in [0.05, 0.1) is 6.04 Å². The lowest BCUT2D eigenvalue weighted by molar-refractivity contribution is -0.139. The molecule has 1 unspecified atom stereocenters. The number of amides is 2. The highest BCUT2D eigenvalue weighted by Crippen LogP contribution is 2.13. The molecule has 1 aromatic heterocycles. The maximum Gasteiger partial charge on any atom is 0.309 e. The van der Waals surface area contributed by atoms with Gasteiger partial charge in [-0.25, -0.2) is 0 Å². The number of benzene rings is 1. The van der Waals surface area contributed by atoms with Crippen molar-refractivity contribution in [3.05, 3.63) is 65.5 Å². The second-order valence-corrected chi connectivity index (χ2v) is 5.33. The topological polar surface area (TPSA) is 71.1 Å². The number of pyridine rings is 1. The first kappa shape index (κ1) is 16.7. The lowest BCUT2D eigenvalue weighted by atomic mass is 10.1. The summed E-state index contributed by atoms with van der Waals surface area (Å²) >= 11 is 0. The summed E-state index contributed by atoms with van der Waals surface area (Å²) in [7, 11) is 0. The standard InChI is InChI=1S/C18H21N3O2/c1-3-14-4-6-16(7-5-14)13(2)21-18(23)17(22)20-12-15-8-10-19-11-9-15/h4-11,13H,3,12H2,1-2H3,(H,20,22)(H,21,23). The summed E-state index contributed by atoms with van der Waals surface area (Å²) in [5.41, 5.74) is 3.10. The van der Waals surface area contributed by atoms with Crippen LogP contribution in [0.15, 0.2) is 48.8 Å². The molecule has 0 saturated carbocycles. The van der Waals surface area contributed by atoms with Crippen molar-refractivity contribution < 1.29 is 9.59 Å². The molecule has 1 aromatic carbocycles. The highest BCUT2D eigenvalue weighted by molar-refractivity contribution is 6.35. The van der Waals surface area contributed by atoms with E-state index in [1.807, 2.05) is 31.2 Å². The molecule has 2 rings (SSSR count). The summed E-state index contributed by atoms with van der Waals surface area (Å²) in [5, 5.41) is 5.30. The van der Waals surface area contributed by atoms with Gasteiger partial charge in [-0.05, 0) is 42.2 Å². The van der Waals surface area contributed by atoms with Gasteiger partial charge in [0.25, 0.3) is 0 Å². The molecule has 0 saturated heterocycles. The molecule has 23 heavy (non-hydrogen) atoms. The quantitative estimate of drug-likeness (QED) is 0.831. The highest BCUT2D eigenvalue weighted by Gasteiger charge is 2.16. The third-order valence-corrected chi connectivity index (χ3v) is 3.64. The SMILES string of the molecule is CCc1ccc(C(C)NC(=O)C(=O)NCc2ccncc2)cc1. The molecule has 2 aromatic rings. The Labute approximate surface area is 136 Å². The fourth-order valence-corrected chi connectivity index (χ4v) is 2.15. The van der Waals surface area contributed by atoms with Crippen LogP contribution in [0.3, 0.4) is 0 Å². The van der Waals surface area contributed by atoms with E-state index in [-0.39, 0.29) is 6.04 Å². The molecular weight excluding hydrogens is 290 g/mol. The van der Waals surface area contributed by atoms with Gasteiger partial charge in [-0.3, -0.25) is 14.6 Å². The van der Waals surface area contributed by atoms with Crippen LogP contribution in [-0.2, 0) is 22.6 Å². The number of nitrogens with one attached hydrogen (secondary N) is 2. The average molecular weight is 311 g/mol. The number of carbonyl (C=O) groups is 2. The third-order valence-electron chi connectivity index (χ3n) is 3.64. The van der Waals surface area contributed by atoms with E-state index in [4.69, 9.17) is 0 Å². The van der Waals surface area contributed by atoms with Crippen molar-refractivity contribution in [3.63, 3.8) is 0 Å². The van der Waals surface area contributed by atoms with Gasteiger partial charge in [0, 0.05) is 18.9 Å². The van der Waals surface area contributed by atoms with Crippen molar-refractivity contribution in [2.75, 3.05) is 0 Å². The Hall–Kier alpha value is -2.69. The van der Waals surface area contributed by atoms with Crippen LogP contribution < -0.4 is 10.6 Å². The summed E-state index contributed by atoms with van der Waals surface area (Å²) in [6.07, 6.45) is 4.26. The predicted molar refractivity (Wildman–Crippen MR) is 88.5 cm³/mol. The smallest absolute Gasteiger partial charge is 0.309 e. The molecule has 0 spiro atoms. The average Bonchev–Trinajstić information content (AvgIpc) is 2.60. The van der Waals surface area contributed by atoms with Gasteiger partial charge in [0.1, 0.15) is 0 Å². The van der Waals surface area contributed by atoms with Crippen LogP contribution in [0.1, 0.15) is 36.6 Å². The van der Waals surface area contributed by atoms with Crippen molar-refractivity contribution >= 4 is 11.8 Å². The minimum atomic E-state index is -0.640.